The first-order chi connectivity index (χ1) is 13.9. The van der Waals surface area contributed by atoms with E-state index < -0.39 is 24.3 Å². The van der Waals surface area contributed by atoms with Gasteiger partial charge in [-0.25, -0.2) is 9.18 Å². The summed E-state index contributed by atoms with van der Waals surface area (Å²) >= 11 is 5.97. The Morgan fingerprint density at radius 2 is 2.00 bits per heavy atom. The van der Waals surface area contributed by atoms with Crippen molar-refractivity contribution in [3.63, 3.8) is 0 Å². The predicted molar refractivity (Wildman–Crippen MR) is 106 cm³/mol. The number of amides is 2. The van der Waals surface area contributed by atoms with Crippen LogP contribution in [-0.4, -0.2) is 42.9 Å². The lowest BCUT2D eigenvalue weighted by atomic mass is 10.2. The first-order valence-corrected chi connectivity index (χ1v) is 9.49. The minimum Gasteiger partial charge on any atom is -0.452 e. The molecule has 0 N–H and O–H groups in total. The number of rotatable bonds is 6. The third-order valence-corrected chi connectivity index (χ3v) is 5.03. The van der Waals surface area contributed by atoms with Crippen molar-refractivity contribution in [2.75, 3.05) is 25.1 Å². The van der Waals surface area contributed by atoms with Gasteiger partial charge in [0.1, 0.15) is 5.82 Å². The Kier molecular flexibility index (Phi) is 6.49. The van der Waals surface area contributed by atoms with Crippen LogP contribution >= 0.6 is 11.6 Å². The molecule has 2 aromatic carbocycles. The molecule has 1 fully saturated rings. The van der Waals surface area contributed by atoms with Gasteiger partial charge >= 0.3 is 5.97 Å². The summed E-state index contributed by atoms with van der Waals surface area (Å²) < 4.78 is 19.0. The highest BCUT2D eigenvalue weighted by molar-refractivity contribution is 6.31. The molecule has 0 spiro atoms. The van der Waals surface area contributed by atoms with Crippen LogP contribution < -0.4 is 4.90 Å². The Balaban J connectivity index is 1.59. The molecular weight excluding hydrogens is 399 g/mol. The van der Waals surface area contributed by atoms with Crippen LogP contribution in [0, 0.1) is 5.82 Å². The first-order valence-electron chi connectivity index (χ1n) is 9.11. The Bertz CT molecular complexity index is 930. The summed E-state index contributed by atoms with van der Waals surface area (Å²) in [4.78, 5) is 39.3. The van der Waals surface area contributed by atoms with Crippen molar-refractivity contribution < 1.29 is 23.5 Å². The number of anilines is 1. The summed E-state index contributed by atoms with van der Waals surface area (Å²) in [6, 6.07) is 10.8. The van der Waals surface area contributed by atoms with Crippen LogP contribution in [0.4, 0.5) is 10.1 Å². The number of hydrogen-bond acceptors (Lipinski definition) is 4. The highest BCUT2D eigenvalue weighted by atomic mass is 35.5. The van der Waals surface area contributed by atoms with Crippen molar-refractivity contribution in [2.45, 2.75) is 19.4 Å². The van der Waals surface area contributed by atoms with Gasteiger partial charge in [0.2, 0.25) is 5.91 Å². The molecule has 8 heteroatoms. The minimum atomic E-state index is -0.677. The van der Waals surface area contributed by atoms with Crippen molar-refractivity contribution in [1.82, 2.24) is 4.90 Å². The topological polar surface area (TPSA) is 66.9 Å². The molecule has 0 aromatic heterocycles. The van der Waals surface area contributed by atoms with E-state index in [9.17, 15) is 18.8 Å². The van der Waals surface area contributed by atoms with Crippen LogP contribution in [0.25, 0.3) is 0 Å². The second kappa shape index (κ2) is 9.05. The Hall–Kier alpha value is -2.93. The zero-order chi connectivity index (χ0) is 21.0. The van der Waals surface area contributed by atoms with Gasteiger partial charge in [0.25, 0.3) is 5.91 Å². The molecule has 0 aliphatic carbocycles. The lowest BCUT2D eigenvalue weighted by Gasteiger charge is -2.19. The van der Waals surface area contributed by atoms with Crippen molar-refractivity contribution in [3.8, 4) is 0 Å². The highest BCUT2D eigenvalue weighted by Crippen LogP contribution is 2.23. The summed E-state index contributed by atoms with van der Waals surface area (Å²) in [7, 11) is 1.47. The Morgan fingerprint density at radius 3 is 2.69 bits per heavy atom. The number of benzene rings is 2. The number of likely N-dealkylation sites (N-methyl/N-ethyl adjacent to an activating group) is 1. The molecule has 1 aliphatic heterocycles. The maximum Gasteiger partial charge on any atom is 0.338 e. The molecule has 6 nitrogen and oxygen atoms in total. The molecule has 3 rings (SSSR count). The highest BCUT2D eigenvalue weighted by Gasteiger charge is 2.23. The van der Waals surface area contributed by atoms with Crippen LogP contribution in [0.3, 0.4) is 0 Å². The van der Waals surface area contributed by atoms with Crippen LogP contribution in [0.5, 0.6) is 0 Å². The maximum atomic E-state index is 13.9. The molecular formula is C21H20ClFN2O4. The van der Waals surface area contributed by atoms with E-state index >= 15 is 0 Å². The number of esters is 1. The summed E-state index contributed by atoms with van der Waals surface area (Å²) in [5, 5.41) is 0.218. The van der Waals surface area contributed by atoms with E-state index in [0.717, 1.165) is 6.42 Å². The number of carbonyl (C=O) groups is 3. The molecule has 1 heterocycles. The zero-order valence-electron chi connectivity index (χ0n) is 15.9. The number of halogens is 2. The molecule has 0 bridgehead atoms. The summed E-state index contributed by atoms with van der Waals surface area (Å²) in [5.74, 6) is -1.67. The molecule has 2 amide bonds. The number of hydrogen-bond donors (Lipinski definition) is 0. The largest absolute Gasteiger partial charge is 0.452 e. The summed E-state index contributed by atoms with van der Waals surface area (Å²) in [6.07, 6.45) is 1.27. The van der Waals surface area contributed by atoms with Gasteiger partial charge < -0.3 is 14.5 Å². The van der Waals surface area contributed by atoms with E-state index in [1.165, 1.54) is 30.1 Å². The molecule has 152 valence electrons. The van der Waals surface area contributed by atoms with Crippen molar-refractivity contribution in [1.29, 1.82) is 0 Å². The van der Waals surface area contributed by atoms with Gasteiger partial charge in [0, 0.05) is 42.8 Å². The lowest BCUT2D eigenvalue weighted by molar-refractivity contribution is -0.133. The van der Waals surface area contributed by atoms with Crippen LogP contribution in [0.15, 0.2) is 42.5 Å². The van der Waals surface area contributed by atoms with Gasteiger partial charge in [-0.15, -0.1) is 0 Å². The van der Waals surface area contributed by atoms with E-state index in [-0.39, 0.29) is 28.6 Å². The van der Waals surface area contributed by atoms with Crippen molar-refractivity contribution >= 4 is 35.1 Å². The van der Waals surface area contributed by atoms with E-state index in [1.54, 1.807) is 29.2 Å². The predicted octanol–water partition coefficient (Wildman–Crippen LogP) is 3.42. The van der Waals surface area contributed by atoms with Gasteiger partial charge in [-0.1, -0.05) is 23.7 Å². The summed E-state index contributed by atoms with van der Waals surface area (Å²) in [5.41, 5.74) is 1.06. The molecule has 0 saturated carbocycles. The van der Waals surface area contributed by atoms with Gasteiger partial charge in [-0.2, -0.15) is 0 Å². The molecule has 0 atom stereocenters. The number of carbonyl (C=O) groups excluding carboxylic acids is 3. The standard InChI is InChI=1S/C21H20ClFN2O4/c1-24(12-16-17(22)7-3-8-18(16)23)20(27)13-29-21(28)14-5-2-6-15(11-14)25-10-4-9-19(25)26/h2-3,5-8,11H,4,9-10,12-13H2,1H3. The van der Waals surface area contributed by atoms with Crippen LogP contribution in [0.1, 0.15) is 28.8 Å². The molecule has 2 aromatic rings. The monoisotopic (exact) mass is 418 g/mol. The Morgan fingerprint density at radius 1 is 1.24 bits per heavy atom. The smallest absolute Gasteiger partial charge is 0.338 e. The lowest BCUT2D eigenvalue weighted by Crippen LogP contribution is -2.31. The molecule has 0 radical (unpaired) electrons. The van der Waals surface area contributed by atoms with Crippen LogP contribution in [0.2, 0.25) is 5.02 Å². The van der Waals surface area contributed by atoms with Gasteiger partial charge in [0.15, 0.2) is 6.61 Å². The normalized spacial score (nSPS) is 13.5. The summed E-state index contributed by atoms with van der Waals surface area (Å²) in [6.45, 7) is 0.0714. The minimum absolute atomic E-state index is 0.0131. The number of nitrogens with zero attached hydrogens (tertiary/aromatic N) is 2. The fraction of sp³-hybridized carbons (Fsp3) is 0.286. The quantitative estimate of drug-likeness (QED) is 0.674. The third-order valence-electron chi connectivity index (χ3n) is 4.68. The van der Waals surface area contributed by atoms with Crippen LogP contribution in [-0.2, 0) is 20.9 Å². The average molecular weight is 419 g/mol. The number of ether oxygens (including phenoxy) is 1. The fourth-order valence-corrected chi connectivity index (χ4v) is 3.27. The van der Waals surface area contributed by atoms with Gasteiger partial charge in [-0.3, -0.25) is 9.59 Å². The van der Waals surface area contributed by atoms with Crippen molar-refractivity contribution in [3.05, 3.63) is 64.4 Å². The Labute approximate surface area is 172 Å². The third kappa shape index (κ3) is 4.92. The SMILES string of the molecule is CN(Cc1c(F)cccc1Cl)C(=O)COC(=O)c1cccc(N2CCCC2=O)c1. The van der Waals surface area contributed by atoms with Gasteiger partial charge in [0.05, 0.1) is 5.56 Å². The fourth-order valence-electron chi connectivity index (χ4n) is 3.05. The molecule has 29 heavy (non-hydrogen) atoms. The average Bonchev–Trinajstić information content (AvgIpc) is 3.14. The second-order valence-corrected chi connectivity index (χ2v) is 7.13. The molecule has 1 aliphatic rings. The molecule has 0 unspecified atom stereocenters. The maximum absolute atomic E-state index is 13.9. The van der Waals surface area contributed by atoms with Crippen molar-refractivity contribution in [2.24, 2.45) is 0 Å². The zero-order valence-corrected chi connectivity index (χ0v) is 16.6. The van der Waals surface area contributed by atoms with Gasteiger partial charge in [-0.05, 0) is 36.8 Å². The van der Waals surface area contributed by atoms with E-state index in [2.05, 4.69) is 0 Å². The second-order valence-electron chi connectivity index (χ2n) is 6.73. The van der Waals surface area contributed by atoms with E-state index in [0.29, 0.717) is 18.7 Å². The van der Waals surface area contributed by atoms with E-state index in [4.69, 9.17) is 16.3 Å². The van der Waals surface area contributed by atoms with E-state index in [1.807, 2.05) is 0 Å². The molecule has 1 saturated heterocycles. The first kappa shape index (κ1) is 20.8.